The van der Waals surface area contributed by atoms with Gasteiger partial charge in [-0.1, -0.05) is 18.2 Å². The van der Waals surface area contributed by atoms with Gasteiger partial charge in [-0.05, 0) is 26.8 Å². The van der Waals surface area contributed by atoms with E-state index in [1.165, 1.54) is 0 Å². The van der Waals surface area contributed by atoms with E-state index in [4.69, 9.17) is 6.15 Å². The van der Waals surface area contributed by atoms with Crippen molar-refractivity contribution in [2.45, 2.75) is 39.5 Å². The highest BCUT2D eigenvalue weighted by Crippen LogP contribution is 2.30. The zero-order valence-electron chi connectivity index (χ0n) is 14.6. The van der Waals surface area contributed by atoms with Gasteiger partial charge >= 0.3 is 0 Å². The Morgan fingerprint density at radius 2 is 2.13 bits per heavy atom. The summed E-state index contributed by atoms with van der Waals surface area (Å²) in [5, 5.41) is 11.3. The smallest absolute Gasteiger partial charge is 0.158 e. The lowest BCUT2D eigenvalue weighted by Crippen LogP contribution is -2.27. The molecule has 0 radical (unpaired) electrons. The van der Waals surface area contributed by atoms with E-state index >= 15 is 0 Å². The first-order valence-electron chi connectivity index (χ1n) is 8.20. The van der Waals surface area contributed by atoms with E-state index in [-0.39, 0.29) is 0 Å². The Morgan fingerprint density at radius 3 is 2.83 bits per heavy atom. The number of hydrogen-bond donors (Lipinski definition) is 2. The molecule has 6 nitrogen and oxygen atoms in total. The van der Waals surface area contributed by atoms with Crippen molar-refractivity contribution >= 4 is 27.8 Å². The molecule has 3 N–H and O–H groups in total. The molecule has 0 saturated heterocycles. The Labute approximate surface area is 136 Å². The van der Waals surface area contributed by atoms with E-state index in [1.54, 1.807) is 13.8 Å². The quantitative estimate of drug-likeness (QED) is 0.729. The SMILES string of the molecule is [3H]Nc1nc2ccccc2c2c1nc(COCC)n2CC(C)(C)O. The van der Waals surface area contributed by atoms with Crippen LogP contribution in [-0.4, -0.2) is 31.8 Å². The van der Waals surface area contributed by atoms with Gasteiger partial charge in [-0.2, -0.15) is 0 Å². The summed E-state index contributed by atoms with van der Waals surface area (Å²) in [4.78, 5) is 9.11. The van der Waals surface area contributed by atoms with Crippen molar-refractivity contribution in [2.75, 3.05) is 12.3 Å². The van der Waals surface area contributed by atoms with Crippen LogP contribution in [0.3, 0.4) is 0 Å². The molecule has 0 aliphatic rings. The minimum atomic E-state index is -0.909. The van der Waals surface area contributed by atoms with Crippen LogP contribution in [0.2, 0.25) is 1.41 Å². The molecule has 0 spiro atoms. The third-order valence-corrected chi connectivity index (χ3v) is 3.64. The number of nitrogens with two attached hydrogens (primary N) is 1. The van der Waals surface area contributed by atoms with Gasteiger partial charge in [0.15, 0.2) is 7.23 Å². The lowest BCUT2D eigenvalue weighted by Gasteiger charge is -2.20. The first-order chi connectivity index (χ1) is 11.4. The summed E-state index contributed by atoms with van der Waals surface area (Å²) < 4.78 is 15.1. The normalized spacial score (nSPS) is 12.8. The monoisotopic (exact) mass is 316 g/mol. The van der Waals surface area contributed by atoms with Crippen molar-refractivity contribution in [3.05, 3.63) is 30.1 Å². The fraction of sp³-hybridized carbons (Fsp3) is 0.412. The van der Waals surface area contributed by atoms with Gasteiger partial charge in [0, 0.05) is 12.0 Å². The number of rotatable bonds is 6. The molecule has 0 fully saturated rings. The lowest BCUT2D eigenvalue weighted by molar-refractivity contribution is 0.0582. The predicted octanol–water partition coefficient (Wildman–Crippen LogP) is 2.47. The summed E-state index contributed by atoms with van der Waals surface area (Å²) in [6, 6.07) is 7.73. The number of benzene rings is 1. The second-order valence-electron chi connectivity index (χ2n) is 6.24. The molecule has 3 rings (SSSR count). The van der Waals surface area contributed by atoms with E-state index in [2.05, 4.69) is 15.7 Å². The molecule has 3 aromatic rings. The van der Waals surface area contributed by atoms with Crippen LogP contribution in [0.25, 0.3) is 21.9 Å². The fourth-order valence-corrected chi connectivity index (χ4v) is 2.74. The molecule has 6 heteroatoms. The Hall–Kier alpha value is -2.18. The van der Waals surface area contributed by atoms with Crippen LogP contribution >= 0.6 is 0 Å². The molecule has 2 aromatic heterocycles. The maximum atomic E-state index is 10.3. The van der Waals surface area contributed by atoms with E-state index in [1.807, 2.05) is 35.8 Å². The lowest BCUT2D eigenvalue weighted by atomic mass is 10.1. The number of fused-ring (bicyclic) bond motifs is 3. The number of para-hydroxylation sites is 1. The Morgan fingerprint density at radius 1 is 1.35 bits per heavy atom. The first-order valence-corrected chi connectivity index (χ1v) is 7.70. The Kier molecular flexibility index (Phi) is 3.63. The summed E-state index contributed by atoms with van der Waals surface area (Å²) in [5.74, 6) is 1.11. The number of aliphatic hydroxyl groups is 1. The van der Waals surface area contributed by atoms with Crippen LogP contribution in [0.15, 0.2) is 24.3 Å². The fourth-order valence-electron chi connectivity index (χ4n) is 2.74. The average molecular weight is 316 g/mol. The molecule has 0 amide bonds. The van der Waals surface area contributed by atoms with Gasteiger partial charge in [0.2, 0.25) is 0 Å². The van der Waals surface area contributed by atoms with Gasteiger partial charge in [0.25, 0.3) is 0 Å². The molecule has 0 unspecified atom stereocenters. The minimum Gasteiger partial charge on any atom is -0.389 e. The van der Waals surface area contributed by atoms with Crippen LogP contribution in [0.1, 0.15) is 26.6 Å². The summed E-state index contributed by atoms with van der Waals surface area (Å²) >= 11 is 0. The molecule has 0 bridgehead atoms. The van der Waals surface area contributed by atoms with Crippen LogP contribution in [0.4, 0.5) is 5.82 Å². The predicted molar refractivity (Wildman–Crippen MR) is 91.1 cm³/mol. The number of anilines is 1. The molecule has 0 atom stereocenters. The topological polar surface area (TPSA) is 86.2 Å². The van der Waals surface area contributed by atoms with Gasteiger partial charge in [0.05, 0.1) is 23.2 Å². The number of imidazole rings is 1. The van der Waals surface area contributed by atoms with Gasteiger partial charge in [0.1, 0.15) is 17.9 Å². The van der Waals surface area contributed by atoms with Gasteiger partial charge in [-0.3, -0.25) is 0 Å². The Balaban J connectivity index is 2.34. The number of hydrogen-bond acceptors (Lipinski definition) is 5. The molecule has 1 aromatic carbocycles. The largest absolute Gasteiger partial charge is 0.389 e. The summed E-state index contributed by atoms with van der Waals surface area (Å²) in [6.07, 6.45) is 0. The highest BCUT2D eigenvalue weighted by molar-refractivity contribution is 6.06. The molecule has 0 aliphatic carbocycles. The van der Waals surface area contributed by atoms with E-state index in [0.717, 1.165) is 16.4 Å². The molecule has 23 heavy (non-hydrogen) atoms. The maximum Gasteiger partial charge on any atom is 0.158 e. The van der Waals surface area contributed by atoms with Gasteiger partial charge < -0.3 is 20.1 Å². The summed E-state index contributed by atoms with van der Waals surface area (Å²) in [7, 11) is 0. The third kappa shape index (κ3) is 3.00. The van der Waals surface area contributed by atoms with Crippen molar-refractivity contribution in [3.8, 4) is 0 Å². The van der Waals surface area contributed by atoms with Crippen molar-refractivity contribution in [3.63, 3.8) is 0 Å². The number of pyridine rings is 1. The molecular weight excluding hydrogens is 292 g/mol. The summed E-state index contributed by atoms with van der Waals surface area (Å²) in [5.41, 5.74) is 3.72. The van der Waals surface area contributed by atoms with Crippen molar-refractivity contribution in [2.24, 2.45) is 0 Å². The third-order valence-electron chi connectivity index (χ3n) is 3.64. The molecular formula is C17H22N4O2. The Bertz CT molecular complexity index is 870. The molecule has 122 valence electrons. The van der Waals surface area contributed by atoms with Crippen LogP contribution in [0.5, 0.6) is 0 Å². The number of aromatic nitrogens is 3. The standard InChI is InChI=1S/C17H22N4O2/c1-4-23-9-13-20-14-15(21(13)10-17(2,3)22)11-7-5-6-8-12(11)19-16(14)18/h5-8,22H,4,9-10H2,1-3H3,(H2,18,19)/i/hT. The molecule has 2 heterocycles. The van der Waals surface area contributed by atoms with Crippen LogP contribution < -0.4 is 5.73 Å². The maximum absolute atomic E-state index is 10.3. The number of ether oxygens (including phenoxy) is 1. The summed E-state index contributed by atoms with van der Waals surface area (Å²) in [6.45, 7) is 6.74. The van der Waals surface area contributed by atoms with Crippen molar-refractivity contribution in [1.29, 1.82) is 0 Å². The zero-order chi connectivity index (χ0) is 17.3. The second-order valence-corrected chi connectivity index (χ2v) is 6.24. The van der Waals surface area contributed by atoms with Crippen LogP contribution in [0, 0.1) is 0 Å². The number of nitrogen functional groups attached to an aromatic ring is 1. The van der Waals surface area contributed by atoms with Crippen LogP contribution in [-0.2, 0) is 17.9 Å². The highest BCUT2D eigenvalue weighted by atomic mass is 16.5. The van der Waals surface area contributed by atoms with Gasteiger partial charge in [-0.25, -0.2) is 9.97 Å². The second kappa shape index (κ2) is 5.79. The number of nitrogens with zero attached hydrogens (tertiary/aromatic N) is 3. The first kappa shape index (κ1) is 14.4. The molecule has 0 aliphatic heterocycles. The zero-order valence-corrected chi connectivity index (χ0v) is 13.6. The van der Waals surface area contributed by atoms with E-state index in [9.17, 15) is 5.11 Å². The van der Waals surface area contributed by atoms with E-state index < -0.39 is 5.60 Å². The minimum absolute atomic E-state index is 0.340. The van der Waals surface area contributed by atoms with Crippen molar-refractivity contribution < 1.29 is 11.3 Å². The van der Waals surface area contributed by atoms with Gasteiger partial charge in [-0.15, -0.1) is 0 Å². The molecule has 0 saturated carbocycles. The van der Waals surface area contributed by atoms with Crippen molar-refractivity contribution in [1.82, 2.24) is 14.5 Å². The van der Waals surface area contributed by atoms with E-state index in [0.29, 0.717) is 36.9 Å². The average Bonchev–Trinajstić information content (AvgIpc) is 2.89. The highest BCUT2D eigenvalue weighted by Gasteiger charge is 2.22.